The summed E-state index contributed by atoms with van der Waals surface area (Å²) in [5.74, 6) is 17.5. The monoisotopic (exact) mass is 456 g/mol. The van der Waals surface area contributed by atoms with Crippen molar-refractivity contribution < 1.29 is 4.79 Å². The molecule has 10 fully saturated rings. The molecule has 34 heavy (non-hydrogen) atoms. The minimum Gasteiger partial charge on any atom is -0.384 e. The van der Waals surface area contributed by atoms with Gasteiger partial charge in [0.15, 0.2) is 0 Å². The van der Waals surface area contributed by atoms with Crippen molar-refractivity contribution in [1.29, 1.82) is 5.41 Å². The molecular weight excluding hydrogens is 420 g/mol. The predicted octanol–water partition coefficient (Wildman–Crippen LogP) is 3.10. The Bertz CT molecular complexity index is 1080. The van der Waals surface area contributed by atoms with Gasteiger partial charge in [0, 0.05) is 0 Å². The van der Waals surface area contributed by atoms with Crippen LogP contribution in [0, 0.1) is 106 Å². The third-order valence-electron chi connectivity index (χ3n) is 14.6. The molecule has 0 aromatic carbocycles. The summed E-state index contributed by atoms with van der Waals surface area (Å²) in [7, 11) is 0. The molecule has 0 aromatic rings. The van der Waals surface area contributed by atoms with Gasteiger partial charge in [0.2, 0.25) is 0 Å². The molecule has 2 bridgehead atoms. The standard InChI is InChI=1S/C29H36N4O/c30-14(28(32)34)7-8-15(31)33-29(9-1-2-9)12-5-6-13(29)19-18(12)22-23(19)27-25-21-17-11-4-3-10(11)16(17)20(21)24(25)26(22)27/h7-13,16-27,30H,1-6H2,(H2,31,33)(H2,32,34)/b8-7-,30-14?. The van der Waals surface area contributed by atoms with Gasteiger partial charge in [-0.25, -0.2) is 0 Å². The summed E-state index contributed by atoms with van der Waals surface area (Å²) >= 11 is 0. The van der Waals surface area contributed by atoms with Gasteiger partial charge in [0.05, 0.1) is 5.54 Å². The Labute approximate surface area is 201 Å². The number of hydrogen-bond acceptors (Lipinski definition) is 3. The SMILES string of the molecule is N=C(/C=C\C(N)=NC1(C2CC2)C2CCC1C1C3C4C5C6C7C8CCC8C7C6C5C4C3C12)C(N)=O. The van der Waals surface area contributed by atoms with E-state index in [0.717, 1.165) is 65.1 Å². The van der Waals surface area contributed by atoms with Gasteiger partial charge in [-0.1, -0.05) is 0 Å². The molecule has 16 unspecified atom stereocenters. The number of rotatable bonds is 5. The van der Waals surface area contributed by atoms with Gasteiger partial charge in [-0.05, 0) is 151 Å². The molecule has 10 aliphatic carbocycles. The van der Waals surface area contributed by atoms with Gasteiger partial charge in [-0.3, -0.25) is 15.2 Å². The summed E-state index contributed by atoms with van der Waals surface area (Å²) in [6, 6.07) is 0. The molecule has 10 aliphatic rings. The van der Waals surface area contributed by atoms with Gasteiger partial charge >= 0.3 is 0 Å². The Morgan fingerprint density at radius 2 is 1.15 bits per heavy atom. The van der Waals surface area contributed by atoms with Crippen molar-refractivity contribution in [2.45, 2.75) is 44.1 Å². The first kappa shape index (κ1) is 18.6. The fourth-order valence-electron chi connectivity index (χ4n) is 14.1. The van der Waals surface area contributed by atoms with Gasteiger partial charge in [0.25, 0.3) is 5.91 Å². The molecule has 10 saturated carbocycles. The molecule has 0 aliphatic heterocycles. The highest BCUT2D eigenvalue weighted by Crippen LogP contribution is 2.94. The third-order valence-corrected chi connectivity index (χ3v) is 14.6. The Hall–Kier alpha value is -1.65. The van der Waals surface area contributed by atoms with Gasteiger partial charge in [-0.15, -0.1) is 0 Å². The van der Waals surface area contributed by atoms with E-state index in [-0.39, 0.29) is 11.3 Å². The van der Waals surface area contributed by atoms with E-state index in [1.165, 1.54) is 67.3 Å². The number of primary amides is 1. The summed E-state index contributed by atoms with van der Waals surface area (Å²) < 4.78 is 0. The molecular formula is C29H36N4O. The highest BCUT2D eigenvalue weighted by atomic mass is 16.1. The number of carbonyl (C=O) groups excluding carboxylic acids is 1. The van der Waals surface area contributed by atoms with Crippen LogP contribution in [-0.2, 0) is 4.79 Å². The number of fused-ring (bicyclic) bond motifs is 23. The number of nitrogens with zero attached hydrogens (tertiary/aromatic N) is 1. The Kier molecular flexibility index (Phi) is 2.94. The van der Waals surface area contributed by atoms with E-state index >= 15 is 0 Å². The fraction of sp³-hybridized carbons (Fsp3) is 0.828. The first-order chi connectivity index (χ1) is 16.5. The quantitative estimate of drug-likeness (QED) is 0.336. The topological polar surface area (TPSA) is 105 Å². The maximum absolute atomic E-state index is 11.3. The number of nitrogens with two attached hydrogens (primary N) is 2. The zero-order chi connectivity index (χ0) is 22.4. The second-order valence-electron chi connectivity index (χ2n) is 14.4. The molecule has 0 aromatic heterocycles. The van der Waals surface area contributed by atoms with Crippen LogP contribution in [0.1, 0.15) is 38.5 Å². The maximum atomic E-state index is 11.3. The lowest BCUT2D eigenvalue weighted by Crippen LogP contribution is -2.89. The number of aliphatic imine (C=N–C) groups is 1. The molecule has 5 heteroatoms. The van der Waals surface area contributed by atoms with Crippen molar-refractivity contribution in [3.05, 3.63) is 12.2 Å². The Morgan fingerprint density at radius 3 is 1.59 bits per heavy atom. The van der Waals surface area contributed by atoms with Crippen LogP contribution in [0.3, 0.4) is 0 Å². The summed E-state index contributed by atoms with van der Waals surface area (Å²) in [4.78, 5) is 16.6. The number of amides is 1. The first-order valence-electron chi connectivity index (χ1n) is 14.5. The van der Waals surface area contributed by atoms with Gasteiger partial charge < -0.3 is 11.5 Å². The van der Waals surface area contributed by atoms with Crippen LogP contribution in [0.5, 0.6) is 0 Å². The van der Waals surface area contributed by atoms with Crippen LogP contribution >= 0.6 is 0 Å². The molecule has 10 rings (SSSR count). The van der Waals surface area contributed by atoms with E-state index in [1.807, 2.05) is 0 Å². The van der Waals surface area contributed by atoms with E-state index in [9.17, 15) is 4.79 Å². The normalized spacial score (nSPS) is 66.1. The zero-order valence-corrected chi connectivity index (χ0v) is 19.7. The smallest absolute Gasteiger partial charge is 0.266 e. The van der Waals surface area contributed by atoms with Crippen LogP contribution in [0.2, 0.25) is 0 Å². The van der Waals surface area contributed by atoms with Crippen LogP contribution < -0.4 is 11.5 Å². The molecule has 5 N–H and O–H groups in total. The second-order valence-corrected chi connectivity index (χ2v) is 14.4. The molecule has 0 radical (unpaired) electrons. The van der Waals surface area contributed by atoms with E-state index in [2.05, 4.69) is 0 Å². The highest BCUT2D eigenvalue weighted by Gasteiger charge is 2.91. The van der Waals surface area contributed by atoms with E-state index in [4.69, 9.17) is 21.9 Å². The second kappa shape index (κ2) is 5.37. The number of hydrogen-bond donors (Lipinski definition) is 3. The summed E-state index contributed by atoms with van der Waals surface area (Å²) in [5, 5.41) is 7.72. The average Bonchev–Trinajstić information content (AvgIpc) is 3.54. The molecule has 16 atom stereocenters. The van der Waals surface area contributed by atoms with Crippen molar-refractivity contribution in [3.63, 3.8) is 0 Å². The first-order valence-corrected chi connectivity index (χ1v) is 14.5. The lowest BCUT2D eigenvalue weighted by Gasteiger charge is -2.93. The summed E-state index contributed by atoms with van der Waals surface area (Å²) in [6.45, 7) is 0. The van der Waals surface area contributed by atoms with Crippen LogP contribution in [0.25, 0.3) is 0 Å². The highest BCUT2D eigenvalue weighted by molar-refractivity contribution is 6.42. The fourth-order valence-corrected chi connectivity index (χ4v) is 14.1. The minimum absolute atomic E-state index is 0.0611. The molecule has 0 saturated heterocycles. The zero-order valence-electron chi connectivity index (χ0n) is 19.7. The van der Waals surface area contributed by atoms with Crippen LogP contribution in [-0.4, -0.2) is 23.0 Å². The average molecular weight is 457 g/mol. The lowest BCUT2D eigenvalue weighted by atomic mass is 9.12. The van der Waals surface area contributed by atoms with Crippen LogP contribution in [0.15, 0.2) is 17.1 Å². The van der Waals surface area contributed by atoms with Crippen molar-refractivity contribution in [3.8, 4) is 0 Å². The summed E-state index contributed by atoms with van der Waals surface area (Å²) in [5.41, 5.74) is 11.5. The van der Waals surface area contributed by atoms with E-state index < -0.39 is 5.91 Å². The van der Waals surface area contributed by atoms with Gasteiger partial charge in [0.1, 0.15) is 11.5 Å². The molecule has 0 heterocycles. The lowest BCUT2D eigenvalue weighted by molar-refractivity contribution is -0.459. The molecule has 1 amide bonds. The largest absolute Gasteiger partial charge is 0.384 e. The predicted molar refractivity (Wildman–Crippen MR) is 127 cm³/mol. The molecule has 178 valence electrons. The summed E-state index contributed by atoms with van der Waals surface area (Å²) in [6.07, 6.45) is 11.6. The van der Waals surface area contributed by atoms with Crippen molar-refractivity contribution in [2.24, 2.45) is 117 Å². The van der Waals surface area contributed by atoms with E-state index in [1.54, 1.807) is 18.9 Å². The Morgan fingerprint density at radius 1 is 0.676 bits per heavy atom. The molecule has 5 nitrogen and oxygen atoms in total. The maximum Gasteiger partial charge on any atom is 0.266 e. The van der Waals surface area contributed by atoms with Gasteiger partial charge in [-0.2, -0.15) is 0 Å². The van der Waals surface area contributed by atoms with E-state index in [0.29, 0.717) is 5.84 Å². The Balaban J connectivity index is 0.961. The van der Waals surface area contributed by atoms with Crippen molar-refractivity contribution in [2.75, 3.05) is 0 Å². The third kappa shape index (κ3) is 1.61. The number of amidine groups is 1. The van der Waals surface area contributed by atoms with Crippen molar-refractivity contribution >= 4 is 17.5 Å². The molecule has 0 spiro atoms. The van der Waals surface area contributed by atoms with Crippen molar-refractivity contribution in [1.82, 2.24) is 0 Å². The minimum atomic E-state index is -0.711. The number of nitrogens with one attached hydrogen (secondary N) is 1. The number of carbonyl (C=O) groups is 1. The van der Waals surface area contributed by atoms with Crippen LogP contribution in [0.4, 0.5) is 0 Å².